The molecule has 5 nitrogen and oxygen atoms in total. The number of benzene rings is 2. The van der Waals surface area contributed by atoms with Crippen molar-refractivity contribution in [1.29, 1.82) is 0 Å². The normalized spacial score (nSPS) is 14.7. The Kier molecular flexibility index (Phi) is 4.89. The maximum absolute atomic E-state index is 11.7. The number of carbonyl (C=O) groups is 1. The van der Waals surface area contributed by atoms with E-state index in [1.54, 1.807) is 0 Å². The molecule has 27 heavy (non-hydrogen) atoms. The van der Waals surface area contributed by atoms with Crippen molar-refractivity contribution in [1.82, 2.24) is 9.55 Å². The lowest BCUT2D eigenvalue weighted by molar-refractivity contribution is 0.112. The minimum atomic E-state index is 0.617. The van der Waals surface area contributed by atoms with Crippen molar-refractivity contribution in [3.05, 3.63) is 57.9 Å². The van der Waals surface area contributed by atoms with Gasteiger partial charge in [0.05, 0.1) is 30.8 Å². The summed E-state index contributed by atoms with van der Waals surface area (Å²) in [5.74, 6) is 0.866. The topological polar surface area (TPSA) is 47.4 Å². The molecule has 2 aromatic carbocycles. The van der Waals surface area contributed by atoms with Gasteiger partial charge in [0.25, 0.3) is 0 Å². The highest BCUT2D eigenvalue weighted by Gasteiger charge is 2.18. The van der Waals surface area contributed by atoms with E-state index in [-0.39, 0.29) is 0 Å². The van der Waals surface area contributed by atoms with Crippen LogP contribution in [0.15, 0.2) is 30.3 Å². The number of morpholine rings is 1. The standard InChI is InChI=1S/C21H22ClN3O2/c1-14-4-3-5-16(20(14)22)12-25-15(2)23-21-17(13-26)10-18(11-19(21)25)24-6-8-27-9-7-24/h3-5,10-11,13H,6-9,12H2,1-2H3. The smallest absolute Gasteiger partial charge is 0.152 e. The van der Waals surface area contributed by atoms with E-state index in [2.05, 4.69) is 20.5 Å². The van der Waals surface area contributed by atoms with Crippen molar-refractivity contribution in [3.63, 3.8) is 0 Å². The fourth-order valence-corrected chi connectivity index (χ4v) is 3.83. The predicted octanol–water partition coefficient (Wildman–Crippen LogP) is 4.00. The highest BCUT2D eigenvalue weighted by atomic mass is 35.5. The van der Waals surface area contributed by atoms with Crippen molar-refractivity contribution >= 4 is 34.6 Å². The summed E-state index contributed by atoms with van der Waals surface area (Å²) in [5.41, 5.74) is 5.44. The Morgan fingerprint density at radius 2 is 2.00 bits per heavy atom. The summed E-state index contributed by atoms with van der Waals surface area (Å²) in [7, 11) is 0. The molecule has 140 valence electrons. The van der Waals surface area contributed by atoms with Gasteiger partial charge in [-0.15, -0.1) is 0 Å². The van der Waals surface area contributed by atoms with Crippen LogP contribution < -0.4 is 4.90 Å². The maximum Gasteiger partial charge on any atom is 0.152 e. The average Bonchev–Trinajstić information content (AvgIpc) is 3.00. The van der Waals surface area contributed by atoms with Gasteiger partial charge in [-0.2, -0.15) is 0 Å². The van der Waals surface area contributed by atoms with Gasteiger partial charge in [0, 0.05) is 29.4 Å². The van der Waals surface area contributed by atoms with Gasteiger partial charge in [-0.1, -0.05) is 29.8 Å². The Hall–Kier alpha value is -2.37. The zero-order valence-corrected chi connectivity index (χ0v) is 16.3. The number of anilines is 1. The van der Waals surface area contributed by atoms with Crippen LogP contribution in [0, 0.1) is 13.8 Å². The third kappa shape index (κ3) is 3.33. The predicted molar refractivity (Wildman–Crippen MR) is 108 cm³/mol. The highest BCUT2D eigenvalue weighted by molar-refractivity contribution is 6.32. The molecular weight excluding hydrogens is 362 g/mol. The number of aromatic nitrogens is 2. The van der Waals surface area contributed by atoms with Gasteiger partial charge in [-0.25, -0.2) is 4.98 Å². The van der Waals surface area contributed by atoms with E-state index in [0.717, 1.165) is 58.1 Å². The molecular formula is C21H22ClN3O2. The molecule has 1 aliphatic heterocycles. The first-order valence-electron chi connectivity index (χ1n) is 9.11. The van der Waals surface area contributed by atoms with Crippen molar-refractivity contribution in [2.45, 2.75) is 20.4 Å². The van der Waals surface area contributed by atoms with E-state index >= 15 is 0 Å². The van der Waals surface area contributed by atoms with E-state index in [9.17, 15) is 4.79 Å². The lowest BCUT2D eigenvalue weighted by Gasteiger charge is -2.29. The molecule has 1 fully saturated rings. The van der Waals surface area contributed by atoms with Crippen LogP contribution in [0.2, 0.25) is 5.02 Å². The fraction of sp³-hybridized carbons (Fsp3) is 0.333. The lowest BCUT2D eigenvalue weighted by atomic mass is 10.1. The van der Waals surface area contributed by atoms with Gasteiger partial charge in [-0.05, 0) is 37.1 Å². The van der Waals surface area contributed by atoms with Crippen molar-refractivity contribution in [3.8, 4) is 0 Å². The number of hydrogen-bond acceptors (Lipinski definition) is 4. The molecule has 1 aliphatic rings. The third-order valence-electron chi connectivity index (χ3n) is 5.16. The number of imidazole rings is 1. The Bertz CT molecular complexity index is 1010. The molecule has 4 rings (SSSR count). The summed E-state index contributed by atoms with van der Waals surface area (Å²) < 4.78 is 7.58. The maximum atomic E-state index is 11.7. The number of aryl methyl sites for hydroxylation is 2. The van der Waals surface area contributed by atoms with Crippen LogP contribution in [0.25, 0.3) is 11.0 Å². The number of ether oxygens (including phenoxy) is 1. The second kappa shape index (κ2) is 7.33. The largest absolute Gasteiger partial charge is 0.378 e. The number of hydrogen-bond donors (Lipinski definition) is 0. The van der Waals surface area contributed by atoms with Crippen LogP contribution in [-0.4, -0.2) is 42.1 Å². The first kappa shape index (κ1) is 18.0. The molecule has 3 aromatic rings. The van der Waals surface area contributed by atoms with Gasteiger partial charge >= 0.3 is 0 Å². The molecule has 0 N–H and O–H groups in total. The van der Waals surface area contributed by atoms with E-state index in [0.29, 0.717) is 25.3 Å². The SMILES string of the molecule is Cc1cccc(Cn2c(C)nc3c(C=O)cc(N4CCOCC4)cc32)c1Cl. The average molecular weight is 384 g/mol. The first-order valence-corrected chi connectivity index (χ1v) is 9.49. The van der Waals surface area contributed by atoms with Gasteiger partial charge in [0.15, 0.2) is 6.29 Å². The molecule has 2 heterocycles. The zero-order chi connectivity index (χ0) is 19.0. The fourth-order valence-electron chi connectivity index (χ4n) is 3.64. The number of nitrogens with zero attached hydrogens (tertiary/aromatic N) is 3. The minimum Gasteiger partial charge on any atom is -0.378 e. The number of carbonyl (C=O) groups excluding carboxylic acids is 1. The summed E-state index contributed by atoms with van der Waals surface area (Å²) in [4.78, 5) is 18.6. The molecule has 0 atom stereocenters. The van der Waals surface area contributed by atoms with E-state index in [1.165, 1.54) is 0 Å². The number of fused-ring (bicyclic) bond motifs is 1. The summed E-state index contributed by atoms with van der Waals surface area (Å²) in [6, 6.07) is 10.1. The monoisotopic (exact) mass is 383 g/mol. The van der Waals surface area contributed by atoms with E-state index in [4.69, 9.17) is 16.3 Å². The van der Waals surface area contributed by atoms with Gasteiger partial charge < -0.3 is 14.2 Å². The minimum absolute atomic E-state index is 0.617. The molecule has 6 heteroatoms. The van der Waals surface area contributed by atoms with Crippen molar-refractivity contribution in [2.24, 2.45) is 0 Å². The van der Waals surface area contributed by atoms with E-state index in [1.807, 2.05) is 38.1 Å². The molecule has 0 saturated carbocycles. The van der Waals surface area contributed by atoms with Crippen LogP contribution in [0.1, 0.15) is 27.3 Å². The lowest BCUT2D eigenvalue weighted by Crippen LogP contribution is -2.36. The Balaban J connectivity index is 1.83. The summed E-state index contributed by atoms with van der Waals surface area (Å²) in [5, 5.41) is 0.777. The quantitative estimate of drug-likeness (QED) is 0.639. The van der Waals surface area contributed by atoms with Crippen LogP contribution in [0.3, 0.4) is 0 Å². The first-order chi connectivity index (χ1) is 13.1. The van der Waals surface area contributed by atoms with Crippen molar-refractivity contribution < 1.29 is 9.53 Å². The molecule has 0 radical (unpaired) electrons. The molecule has 1 aromatic heterocycles. The van der Waals surface area contributed by atoms with Gasteiger partial charge in [-0.3, -0.25) is 4.79 Å². The van der Waals surface area contributed by atoms with Crippen LogP contribution >= 0.6 is 11.6 Å². The van der Waals surface area contributed by atoms with Crippen LogP contribution in [-0.2, 0) is 11.3 Å². The van der Waals surface area contributed by atoms with Crippen LogP contribution in [0.5, 0.6) is 0 Å². The zero-order valence-electron chi connectivity index (χ0n) is 15.5. The van der Waals surface area contributed by atoms with Gasteiger partial charge in [0.2, 0.25) is 0 Å². The molecule has 0 unspecified atom stereocenters. The Morgan fingerprint density at radius 3 is 2.74 bits per heavy atom. The third-order valence-corrected chi connectivity index (χ3v) is 5.70. The number of halogens is 1. The van der Waals surface area contributed by atoms with Gasteiger partial charge in [0.1, 0.15) is 5.82 Å². The Morgan fingerprint density at radius 1 is 1.22 bits per heavy atom. The molecule has 0 aliphatic carbocycles. The molecule has 0 bridgehead atoms. The summed E-state index contributed by atoms with van der Waals surface area (Å²) in [6.45, 7) is 7.63. The molecule has 0 spiro atoms. The number of aldehydes is 1. The van der Waals surface area contributed by atoms with E-state index < -0.39 is 0 Å². The second-order valence-electron chi connectivity index (χ2n) is 6.91. The second-order valence-corrected chi connectivity index (χ2v) is 7.29. The van der Waals surface area contributed by atoms with Crippen molar-refractivity contribution in [2.75, 3.05) is 31.2 Å². The molecule has 1 saturated heterocycles. The number of rotatable bonds is 4. The highest BCUT2D eigenvalue weighted by Crippen LogP contribution is 2.29. The summed E-state index contributed by atoms with van der Waals surface area (Å²) in [6.07, 6.45) is 0.892. The molecule has 0 amide bonds. The van der Waals surface area contributed by atoms with Crippen LogP contribution in [0.4, 0.5) is 5.69 Å². The summed E-state index contributed by atoms with van der Waals surface area (Å²) >= 11 is 6.51. The Labute approximate surface area is 163 Å².